The van der Waals surface area contributed by atoms with Crippen molar-refractivity contribution in [2.75, 3.05) is 19.7 Å². The van der Waals surface area contributed by atoms with Gasteiger partial charge in [0.15, 0.2) is 0 Å². The van der Waals surface area contributed by atoms with Crippen LogP contribution in [0.5, 0.6) is 5.75 Å². The van der Waals surface area contributed by atoms with Crippen molar-refractivity contribution in [3.8, 4) is 5.75 Å². The normalized spacial score (nSPS) is 11.2. The molecule has 0 atom stereocenters. The number of ether oxygens (including phenoxy) is 1. The van der Waals surface area contributed by atoms with Crippen LogP contribution in [0.3, 0.4) is 0 Å². The molecule has 0 radical (unpaired) electrons. The molecule has 26 heavy (non-hydrogen) atoms. The van der Waals surface area contributed by atoms with E-state index in [1.165, 1.54) is 0 Å². The first-order valence-corrected chi connectivity index (χ1v) is 9.90. The molecule has 6 nitrogen and oxygen atoms in total. The quantitative estimate of drug-likeness (QED) is 0.693. The molecule has 0 spiro atoms. The van der Waals surface area contributed by atoms with Gasteiger partial charge in [0.05, 0.1) is 11.5 Å². The fraction of sp³-hybridized carbons (Fsp3) is 0.316. The first-order valence-electron chi connectivity index (χ1n) is 8.42. The van der Waals surface area contributed by atoms with Gasteiger partial charge < -0.3 is 10.1 Å². The van der Waals surface area contributed by atoms with Crippen LogP contribution in [0.2, 0.25) is 0 Å². The minimum atomic E-state index is -3.66. The van der Waals surface area contributed by atoms with E-state index in [-0.39, 0.29) is 23.9 Å². The van der Waals surface area contributed by atoms with Gasteiger partial charge in [-0.2, -0.15) is 0 Å². The molecule has 1 amide bonds. The Labute approximate surface area is 154 Å². The zero-order valence-electron chi connectivity index (χ0n) is 15.2. The predicted molar refractivity (Wildman–Crippen MR) is 101 cm³/mol. The predicted octanol–water partition coefficient (Wildman–Crippen LogP) is 2.41. The Morgan fingerprint density at radius 3 is 2.38 bits per heavy atom. The molecule has 0 heterocycles. The van der Waals surface area contributed by atoms with E-state index in [9.17, 15) is 13.2 Å². The second-order valence-electron chi connectivity index (χ2n) is 5.84. The molecule has 2 rings (SSSR count). The molecule has 140 valence electrons. The largest absolute Gasteiger partial charge is 0.494 e. The third-order valence-electron chi connectivity index (χ3n) is 3.80. The summed E-state index contributed by atoms with van der Waals surface area (Å²) in [6, 6.07) is 12.1. The van der Waals surface area contributed by atoms with Gasteiger partial charge in [-0.3, -0.25) is 4.79 Å². The highest BCUT2D eigenvalue weighted by Crippen LogP contribution is 2.25. The fourth-order valence-electron chi connectivity index (χ4n) is 2.49. The maximum absolute atomic E-state index is 12.5. The van der Waals surface area contributed by atoms with Gasteiger partial charge >= 0.3 is 0 Å². The summed E-state index contributed by atoms with van der Waals surface area (Å²) < 4.78 is 33.1. The van der Waals surface area contributed by atoms with Gasteiger partial charge in [0.25, 0.3) is 5.91 Å². The molecule has 0 saturated carbocycles. The molecule has 7 heteroatoms. The highest BCUT2D eigenvalue weighted by atomic mass is 32.2. The first kappa shape index (κ1) is 19.9. The number of amides is 1. The number of aryl methyl sites for hydroxylation is 2. The van der Waals surface area contributed by atoms with Crippen molar-refractivity contribution in [1.82, 2.24) is 10.0 Å². The maximum atomic E-state index is 12.5. The molecular formula is C19H24N2O4S. The van der Waals surface area contributed by atoms with E-state index in [0.717, 1.165) is 5.56 Å². The molecule has 0 aliphatic carbocycles. The van der Waals surface area contributed by atoms with Crippen LogP contribution >= 0.6 is 0 Å². The highest BCUT2D eigenvalue weighted by Gasteiger charge is 2.18. The minimum Gasteiger partial charge on any atom is -0.494 e. The second-order valence-corrected chi connectivity index (χ2v) is 7.57. The molecule has 2 aromatic carbocycles. The summed E-state index contributed by atoms with van der Waals surface area (Å²) in [5, 5.41) is 2.69. The van der Waals surface area contributed by atoms with E-state index < -0.39 is 10.0 Å². The molecule has 0 saturated heterocycles. The van der Waals surface area contributed by atoms with Crippen LogP contribution in [0.25, 0.3) is 0 Å². The Morgan fingerprint density at radius 2 is 1.73 bits per heavy atom. The first-order chi connectivity index (χ1) is 12.3. The number of nitrogens with one attached hydrogen (secondary N) is 2. The second kappa shape index (κ2) is 8.82. The standard InChI is InChI=1S/C19H24N2O4S/c1-4-25-17-12-15(3)18(13-14(17)2)26(23,24)21-11-10-20-19(22)16-8-6-5-7-9-16/h5-9,12-13,21H,4,10-11H2,1-3H3,(H,20,22). The van der Waals surface area contributed by atoms with E-state index in [1.54, 1.807) is 43.3 Å². The molecule has 0 aromatic heterocycles. The summed E-state index contributed by atoms with van der Waals surface area (Å²) in [7, 11) is -3.66. The smallest absolute Gasteiger partial charge is 0.251 e. The number of sulfonamides is 1. The van der Waals surface area contributed by atoms with Crippen LogP contribution in [-0.4, -0.2) is 34.0 Å². The topological polar surface area (TPSA) is 84.5 Å². The van der Waals surface area contributed by atoms with Crippen LogP contribution in [0.15, 0.2) is 47.4 Å². The molecule has 2 N–H and O–H groups in total. The monoisotopic (exact) mass is 376 g/mol. The average Bonchev–Trinajstić information content (AvgIpc) is 2.62. The molecule has 0 aliphatic rings. The number of carbonyl (C=O) groups is 1. The van der Waals surface area contributed by atoms with Crippen molar-refractivity contribution in [3.05, 3.63) is 59.2 Å². The Balaban J connectivity index is 1.97. The molecule has 0 unspecified atom stereocenters. The van der Waals surface area contributed by atoms with Gasteiger partial charge in [0.2, 0.25) is 10.0 Å². The number of hydrogen-bond donors (Lipinski definition) is 2. The summed E-state index contributed by atoms with van der Waals surface area (Å²) in [6.45, 7) is 6.24. The molecule has 2 aromatic rings. The lowest BCUT2D eigenvalue weighted by atomic mass is 10.1. The van der Waals surface area contributed by atoms with E-state index in [4.69, 9.17) is 4.74 Å². The van der Waals surface area contributed by atoms with Crippen molar-refractivity contribution in [2.24, 2.45) is 0 Å². The average molecular weight is 376 g/mol. The maximum Gasteiger partial charge on any atom is 0.251 e. The van der Waals surface area contributed by atoms with Gasteiger partial charge in [-0.05, 0) is 56.2 Å². The van der Waals surface area contributed by atoms with Crippen molar-refractivity contribution >= 4 is 15.9 Å². The van der Waals surface area contributed by atoms with E-state index >= 15 is 0 Å². The van der Waals surface area contributed by atoms with Gasteiger partial charge in [-0.15, -0.1) is 0 Å². The number of carbonyl (C=O) groups excluding carboxylic acids is 1. The van der Waals surface area contributed by atoms with Crippen molar-refractivity contribution < 1.29 is 17.9 Å². The SMILES string of the molecule is CCOc1cc(C)c(S(=O)(=O)NCCNC(=O)c2ccccc2)cc1C. The summed E-state index contributed by atoms with van der Waals surface area (Å²) in [5.41, 5.74) is 1.91. The third-order valence-corrected chi connectivity index (χ3v) is 5.40. The van der Waals surface area contributed by atoms with Crippen LogP contribution in [0.1, 0.15) is 28.4 Å². The lowest BCUT2D eigenvalue weighted by Crippen LogP contribution is -2.35. The lowest BCUT2D eigenvalue weighted by molar-refractivity contribution is 0.0954. The summed E-state index contributed by atoms with van der Waals surface area (Å²) in [5.74, 6) is 0.442. The Hall–Kier alpha value is -2.38. The molecule has 0 aliphatic heterocycles. The van der Waals surface area contributed by atoms with Crippen molar-refractivity contribution in [1.29, 1.82) is 0 Å². The zero-order valence-corrected chi connectivity index (χ0v) is 16.0. The van der Waals surface area contributed by atoms with Crippen molar-refractivity contribution in [2.45, 2.75) is 25.7 Å². The molecule has 0 fully saturated rings. The summed E-state index contributed by atoms with van der Waals surface area (Å²) >= 11 is 0. The van der Waals surface area contributed by atoms with Gasteiger partial charge in [0, 0.05) is 18.7 Å². The number of benzene rings is 2. The lowest BCUT2D eigenvalue weighted by Gasteiger charge is -2.14. The van der Waals surface area contributed by atoms with Gasteiger partial charge in [-0.25, -0.2) is 13.1 Å². The number of hydrogen-bond acceptors (Lipinski definition) is 4. The van der Waals surface area contributed by atoms with Crippen LogP contribution in [0, 0.1) is 13.8 Å². The molecule has 0 bridgehead atoms. The van der Waals surface area contributed by atoms with E-state index in [2.05, 4.69) is 10.0 Å². The van der Waals surface area contributed by atoms with E-state index in [1.807, 2.05) is 19.9 Å². The van der Waals surface area contributed by atoms with Gasteiger partial charge in [0.1, 0.15) is 5.75 Å². The van der Waals surface area contributed by atoms with E-state index in [0.29, 0.717) is 23.5 Å². The van der Waals surface area contributed by atoms with Gasteiger partial charge in [-0.1, -0.05) is 18.2 Å². The van der Waals surface area contributed by atoms with Crippen LogP contribution in [0.4, 0.5) is 0 Å². The Morgan fingerprint density at radius 1 is 1.04 bits per heavy atom. The zero-order chi connectivity index (χ0) is 19.2. The summed E-state index contributed by atoms with van der Waals surface area (Å²) in [6.07, 6.45) is 0. The third kappa shape index (κ3) is 5.06. The summed E-state index contributed by atoms with van der Waals surface area (Å²) in [4.78, 5) is 12.2. The number of rotatable bonds is 8. The van der Waals surface area contributed by atoms with Crippen LogP contribution < -0.4 is 14.8 Å². The van der Waals surface area contributed by atoms with Crippen molar-refractivity contribution in [3.63, 3.8) is 0 Å². The Kier molecular flexibility index (Phi) is 6.76. The Bertz CT molecular complexity index is 865. The molecular weight excluding hydrogens is 352 g/mol. The highest BCUT2D eigenvalue weighted by molar-refractivity contribution is 7.89. The minimum absolute atomic E-state index is 0.104. The fourth-order valence-corrected chi connectivity index (χ4v) is 3.84. The van der Waals surface area contributed by atoms with Crippen LogP contribution in [-0.2, 0) is 10.0 Å².